The van der Waals surface area contributed by atoms with Gasteiger partial charge in [0.25, 0.3) is 0 Å². The Bertz CT molecular complexity index is 901. The number of aromatic amines is 1. The standard InChI is InChI=1S/C19H21N3O6/c1-26-16-9-12-6-8-21(19-14(22(24)25)5-4-7-20-19)15(11-18(23)28-3)13(12)10-17(16)27-2/h4-5,7,9-10,15H,6,8,11H2,1-3H3/p+1/t15-/m1/s1. The monoisotopic (exact) mass is 388 g/mol. The summed E-state index contributed by atoms with van der Waals surface area (Å²) in [5.41, 5.74) is 1.79. The third kappa shape index (κ3) is 3.55. The van der Waals surface area contributed by atoms with Crippen molar-refractivity contribution in [3.8, 4) is 11.5 Å². The van der Waals surface area contributed by atoms with Gasteiger partial charge in [-0.05, 0) is 23.8 Å². The first-order chi connectivity index (χ1) is 13.5. The summed E-state index contributed by atoms with van der Waals surface area (Å²) in [6.07, 6.45) is 2.30. The van der Waals surface area contributed by atoms with Crippen molar-refractivity contribution in [1.82, 2.24) is 0 Å². The number of fused-ring (bicyclic) bond motifs is 1. The van der Waals surface area contributed by atoms with Crippen LogP contribution in [0.3, 0.4) is 0 Å². The number of carbonyl (C=O) groups excluding carboxylic acids is 1. The highest BCUT2D eigenvalue weighted by Gasteiger charge is 2.40. The SMILES string of the molecule is COC(=O)C[C@@H]1c2cc(OC)c(OC)cc2CCN1c1[nH+]cccc1[N+](=O)[O-]. The highest BCUT2D eigenvalue weighted by Crippen LogP contribution is 2.42. The van der Waals surface area contributed by atoms with Crippen molar-refractivity contribution in [3.05, 3.63) is 51.7 Å². The Hall–Kier alpha value is -3.36. The molecule has 0 radical (unpaired) electrons. The van der Waals surface area contributed by atoms with Crippen molar-refractivity contribution >= 4 is 17.5 Å². The predicted octanol–water partition coefficient (Wildman–Crippen LogP) is 2.09. The maximum absolute atomic E-state index is 12.1. The summed E-state index contributed by atoms with van der Waals surface area (Å²) in [7, 11) is 4.42. The van der Waals surface area contributed by atoms with Gasteiger partial charge in [-0.1, -0.05) is 0 Å². The summed E-state index contributed by atoms with van der Waals surface area (Å²) in [6.45, 7) is 0.492. The van der Waals surface area contributed by atoms with Crippen LogP contribution < -0.4 is 19.4 Å². The Labute approximate surface area is 162 Å². The molecule has 2 heterocycles. The highest BCUT2D eigenvalue weighted by molar-refractivity contribution is 5.72. The molecule has 1 N–H and O–H groups in total. The fourth-order valence-electron chi connectivity index (χ4n) is 3.55. The predicted molar refractivity (Wildman–Crippen MR) is 99.6 cm³/mol. The summed E-state index contributed by atoms with van der Waals surface area (Å²) >= 11 is 0. The maximum Gasteiger partial charge on any atom is 0.357 e. The largest absolute Gasteiger partial charge is 0.493 e. The van der Waals surface area contributed by atoms with Crippen molar-refractivity contribution in [1.29, 1.82) is 0 Å². The van der Waals surface area contributed by atoms with Crippen LogP contribution in [0.25, 0.3) is 0 Å². The molecule has 0 saturated heterocycles. The first-order valence-corrected chi connectivity index (χ1v) is 8.73. The van der Waals surface area contributed by atoms with Crippen LogP contribution in [0, 0.1) is 10.1 Å². The Morgan fingerprint density at radius 1 is 1.29 bits per heavy atom. The van der Waals surface area contributed by atoms with Gasteiger partial charge in [0.1, 0.15) is 6.04 Å². The molecule has 0 bridgehead atoms. The topological polar surface area (TPSA) is 105 Å². The van der Waals surface area contributed by atoms with E-state index in [0.717, 1.165) is 11.1 Å². The van der Waals surface area contributed by atoms with Crippen LogP contribution >= 0.6 is 0 Å². The lowest BCUT2D eigenvalue weighted by atomic mass is 9.90. The number of nitrogens with zero attached hydrogens (tertiary/aromatic N) is 2. The van der Waals surface area contributed by atoms with Crippen molar-refractivity contribution in [2.24, 2.45) is 0 Å². The minimum absolute atomic E-state index is 0.0405. The number of benzene rings is 1. The lowest BCUT2D eigenvalue weighted by molar-refractivity contribution is -0.411. The summed E-state index contributed by atoms with van der Waals surface area (Å²) in [5, 5.41) is 11.5. The fourth-order valence-corrected chi connectivity index (χ4v) is 3.55. The van der Waals surface area contributed by atoms with Gasteiger partial charge in [-0.25, -0.2) is 9.88 Å². The Balaban J connectivity index is 2.13. The first kappa shape index (κ1) is 19.4. The quantitative estimate of drug-likeness (QED) is 0.424. The van der Waals surface area contributed by atoms with Crippen molar-refractivity contribution in [2.45, 2.75) is 18.9 Å². The van der Waals surface area contributed by atoms with Crippen LogP contribution in [0.2, 0.25) is 0 Å². The van der Waals surface area contributed by atoms with Gasteiger partial charge in [-0.2, -0.15) is 0 Å². The molecule has 2 aromatic rings. The molecule has 28 heavy (non-hydrogen) atoms. The molecule has 0 spiro atoms. The summed E-state index contributed by atoms with van der Waals surface area (Å²) in [4.78, 5) is 28.0. The van der Waals surface area contributed by atoms with E-state index in [1.807, 2.05) is 17.0 Å². The number of aromatic nitrogens is 1. The molecule has 0 fully saturated rings. The van der Waals surface area contributed by atoms with E-state index in [4.69, 9.17) is 14.2 Å². The van der Waals surface area contributed by atoms with Crippen LogP contribution in [0.5, 0.6) is 11.5 Å². The summed E-state index contributed by atoms with van der Waals surface area (Å²) in [5.74, 6) is 1.08. The molecule has 3 rings (SSSR count). The van der Waals surface area contributed by atoms with Crippen LogP contribution in [0.15, 0.2) is 30.5 Å². The lowest BCUT2D eigenvalue weighted by Gasteiger charge is -2.32. The number of ether oxygens (including phenoxy) is 3. The molecule has 0 unspecified atom stereocenters. The molecule has 148 valence electrons. The van der Waals surface area contributed by atoms with E-state index in [2.05, 4.69) is 4.98 Å². The second-order valence-corrected chi connectivity index (χ2v) is 6.31. The Kier molecular flexibility index (Phi) is 5.62. The van der Waals surface area contributed by atoms with E-state index in [1.54, 1.807) is 19.4 Å². The van der Waals surface area contributed by atoms with Gasteiger partial charge in [-0.15, -0.1) is 0 Å². The third-order valence-electron chi connectivity index (χ3n) is 4.89. The van der Waals surface area contributed by atoms with Crippen molar-refractivity contribution in [3.63, 3.8) is 0 Å². The number of carbonyl (C=O) groups is 1. The number of methoxy groups -OCH3 is 3. The van der Waals surface area contributed by atoms with Crippen LogP contribution in [-0.4, -0.2) is 38.8 Å². The fraction of sp³-hybridized carbons (Fsp3) is 0.368. The smallest absolute Gasteiger partial charge is 0.357 e. The molecular formula is C19H22N3O6+. The molecule has 1 atom stereocenters. The summed E-state index contributed by atoms with van der Waals surface area (Å²) < 4.78 is 15.7. The zero-order valence-corrected chi connectivity index (χ0v) is 15.9. The molecule has 1 aliphatic heterocycles. The molecule has 0 amide bonds. The van der Waals surface area contributed by atoms with Gasteiger partial charge in [0.2, 0.25) is 0 Å². The van der Waals surface area contributed by atoms with E-state index in [0.29, 0.717) is 30.3 Å². The average molecular weight is 388 g/mol. The molecule has 1 aliphatic rings. The molecule has 9 nitrogen and oxygen atoms in total. The Morgan fingerprint density at radius 2 is 2.00 bits per heavy atom. The number of hydrogen-bond acceptors (Lipinski definition) is 7. The normalized spacial score (nSPS) is 15.5. The number of esters is 1. The van der Waals surface area contributed by atoms with E-state index in [-0.39, 0.29) is 12.1 Å². The minimum atomic E-state index is -0.451. The number of nitro groups is 1. The molecule has 9 heteroatoms. The lowest BCUT2D eigenvalue weighted by Crippen LogP contribution is -2.40. The summed E-state index contributed by atoms with van der Waals surface area (Å²) in [6, 6.07) is 6.27. The van der Waals surface area contributed by atoms with Crippen LogP contribution in [-0.2, 0) is 16.0 Å². The molecular weight excluding hydrogens is 366 g/mol. The number of rotatable bonds is 6. The second kappa shape index (κ2) is 8.12. The molecule has 0 aliphatic carbocycles. The zero-order valence-electron chi connectivity index (χ0n) is 15.9. The number of pyridine rings is 1. The van der Waals surface area contributed by atoms with Crippen LogP contribution in [0.1, 0.15) is 23.6 Å². The van der Waals surface area contributed by atoms with Gasteiger partial charge in [-0.3, -0.25) is 14.9 Å². The van der Waals surface area contributed by atoms with Gasteiger partial charge in [0.15, 0.2) is 11.5 Å². The van der Waals surface area contributed by atoms with Crippen molar-refractivity contribution < 1.29 is 28.9 Å². The second-order valence-electron chi connectivity index (χ2n) is 6.31. The van der Waals surface area contributed by atoms with Crippen molar-refractivity contribution in [2.75, 3.05) is 32.8 Å². The third-order valence-corrected chi connectivity index (χ3v) is 4.89. The number of H-pyrrole nitrogens is 1. The number of hydrogen-bond donors (Lipinski definition) is 0. The average Bonchev–Trinajstić information content (AvgIpc) is 2.72. The Morgan fingerprint density at radius 3 is 2.64 bits per heavy atom. The number of nitrogens with one attached hydrogen (secondary N) is 1. The molecule has 1 aromatic carbocycles. The van der Waals surface area contributed by atoms with E-state index >= 15 is 0 Å². The maximum atomic E-state index is 12.1. The molecule has 1 aromatic heterocycles. The number of anilines is 1. The minimum Gasteiger partial charge on any atom is -0.493 e. The van der Waals surface area contributed by atoms with Gasteiger partial charge >= 0.3 is 17.5 Å². The van der Waals surface area contributed by atoms with E-state index in [1.165, 1.54) is 20.3 Å². The first-order valence-electron chi connectivity index (χ1n) is 8.73. The van der Waals surface area contributed by atoms with Gasteiger partial charge in [0.05, 0.1) is 45.4 Å². The molecule has 0 saturated carbocycles. The van der Waals surface area contributed by atoms with E-state index in [9.17, 15) is 14.9 Å². The zero-order chi connectivity index (χ0) is 20.3. The van der Waals surface area contributed by atoms with Gasteiger partial charge in [0, 0.05) is 18.1 Å². The van der Waals surface area contributed by atoms with E-state index < -0.39 is 16.9 Å². The van der Waals surface area contributed by atoms with Gasteiger partial charge < -0.3 is 14.2 Å². The highest BCUT2D eigenvalue weighted by atomic mass is 16.6. The van der Waals surface area contributed by atoms with Crippen LogP contribution in [0.4, 0.5) is 11.5 Å².